The molecule has 2 aromatic rings. The second kappa shape index (κ2) is 7.65. The number of ether oxygens (including phenoxy) is 1. The second-order valence-corrected chi connectivity index (χ2v) is 5.38. The van der Waals surface area contributed by atoms with E-state index in [-0.39, 0.29) is 6.61 Å². The Labute approximate surface area is 126 Å². The maximum Gasteiger partial charge on any atom is 0.119 e. The number of aliphatic hydroxyl groups is 1. The summed E-state index contributed by atoms with van der Waals surface area (Å²) in [5.41, 5.74) is 3.27. The Morgan fingerprint density at radius 1 is 1.05 bits per heavy atom. The fraction of sp³-hybridized carbons (Fsp3) is 0.263. The Morgan fingerprint density at radius 2 is 1.71 bits per heavy atom. The van der Waals surface area contributed by atoms with E-state index in [0.29, 0.717) is 12.5 Å². The zero-order valence-electron chi connectivity index (χ0n) is 12.6. The molecule has 2 heteroatoms. The minimum Gasteiger partial charge on any atom is -0.489 e. The molecule has 0 unspecified atom stereocenters. The predicted octanol–water partition coefficient (Wildman–Crippen LogP) is 4.30. The lowest BCUT2D eigenvalue weighted by molar-refractivity contribution is 0.306. The monoisotopic (exact) mass is 282 g/mol. The minimum atomic E-state index is 0.101. The van der Waals surface area contributed by atoms with E-state index >= 15 is 0 Å². The van der Waals surface area contributed by atoms with E-state index < -0.39 is 0 Å². The molecule has 2 rings (SSSR count). The van der Waals surface area contributed by atoms with Crippen LogP contribution in [0.2, 0.25) is 0 Å². The van der Waals surface area contributed by atoms with Crippen molar-refractivity contribution in [2.75, 3.05) is 6.61 Å². The van der Waals surface area contributed by atoms with Gasteiger partial charge in [0.15, 0.2) is 0 Å². The van der Waals surface area contributed by atoms with E-state index in [2.05, 4.69) is 13.8 Å². The van der Waals surface area contributed by atoms with Gasteiger partial charge in [0.25, 0.3) is 0 Å². The summed E-state index contributed by atoms with van der Waals surface area (Å²) in [4.78, 5) is 0. The summed E-state index contributed by atoms with van der Waals surface area (Å²) in [6, 6.07) is 18.1. The van der Waals surface area contributed by atoms with Gasteiger partial charge in [-0.2, -0.15) is 0 Å². The fourth-order valence-corrected chi connectivity index (χ4v) is 2.01. The van der Waals surface area contributed by atoms with E-state index in [0.717, 1.165) is 22.4 Å². The van der Waals surface area contributed by atoms with Gasteiger partial charge in [0.1, 0.15) is 12.4 Å². The molecule has 21 heavy (non-hydrogen) atoms. The highest BCUT2D eigenvalue weighted by atomic mass is 16.5. The molecule has 2 aromatic carbocycles. The molecule has 0 bridgehead atoms. The molecule has 1 N–H and O–H groups in total. The van der Waals surface area contributed by atoms with Crippen LogP contribution in [0, 0.1) is 5.92 Å². The average Bonchev–Trinajstić information content (AvgIpc) is 2.52. The van der Waals surface area contributed by atoms with Crippen LogP contribution in [-0.4, -0.2) is 11.7 Å². The van der Waals surface area contributed by atoms with Gasteiger partial charge in [-0.25, -0.2) is 0 Å². The van der Waals surface area contributed by atoms with Crippen LogP contribution in [0.25, 0.3) is 6.08 Å². The molecule has 0 aliphatic carbocycles. The largest absolute Gasteiger partial charge is 0.489 e. The minimum absolute atomic E-state index is 0.101. The van der Waals surface area contributed by atoms with Crippen molar-refractivity contribution in [1.29, 1.82) is 0 Å². The van der Waals surface area contributed by atoms with Crippen molar-refractivity contribution >= 4 is 6.08 Å². The SMILES string of the molecule is CC(C)C(=Cc1ccc(OCc2ccccc2)cc1)CO. The molecule has 0 radical (unpaired) electrons. The Kier molecular flexibility index (Phi) is 5.59. The Hall–Kier alpha value is -2.06. The highest BCUT2D eigenvalue weighted by Gasteiger charge is 2.02. The quantitative estimate of drug-likeness (QED) is 0.856. The summed E-state index contributed by atoms with van der Waals surface area (Å²) in [6.45, 7) is 4.84. The van der Waals surface area contributed by atoms with Crippen molar-refractivity contribution in [3.63, 3.8) is 0 Å². The zero-order valence-corrected chi connectivity index (χ0v) is 12.6. The smallest absolute Gasteiger partial charge is 0.119 e. The Balaban J connectivity index is 1.99. The molecule has 0 amide bonds. The van der Waals surface area contributed by atoms with Crippen LogP contribution >= 0.6 is 0 Å². The normalized spacial score (nSPS) is 11.7. The third kappa shape index (κ3) is 4.76. The van der Waals surface area contributed by atoms with Crippen LogP contribution in [0.4, 0.5) is 0 Å². The van der Waals surface area contributed by atoms with Crippen molar-refractivity contribution in [2.45, 2.75) is 20.5 Å². The van der Waals surface area contributed by atoms with E-state index in [1.54, 1.807) is 0 Å². The molecule has 0 saturated carbocycles. The zero-order chi connectivity index (χ0) is 15.1. The summed E-state index contributed by atoms with van der Waals surface area (Å²) in [7, 11) is 0. The number of aliphatic hydroxyl groups excluding tert-OH is 1. The molecule has 0 aromatic heterocycles. The van der Waals surface area contributed by atoms with E-state index in [1.165, 1.54) is 0 Å². The van der Waals surface area contributed by atoms with Crippen LogP contribution in [-0.2, 0) is 6.61 Å². The highest BCUT2D eigenvalue weighted by Crippen LogP contribution is 2.18. The van der Waals surface area contributed by atoms with Gasteiger partial charge in [0, 0.05) is 0 Å². The first kappa shape index (κ1) is 15.3. The summed E-state index contributed by atoms with van der Waals surface area (Å²) < 4.78 is 5.76. The predicted molar refractivity (Wildman–Crippen MR) is 87.1 cm³/mol. The number of hydrogen-bond donors (Lipinski definition) is 1. The van der Waals surface area contributed by atoms with Gasteiger partial charge in [0.2, 0.25) is 0 Å². The van der Waals surface area contributed by atoms with Gasteiger partial charge in [-0.05, 0) is 34.8 Å². The van der Waals surface area contributed by atoms with Crippen molar-refractivity contribution in [3.05, 3.63) is 71.3 Å². The summed E-state index contributed by atoms with van der Waals surface area (Å²) in [5.74, 6) is 1.20. The first-order chi connectivity index (χ1) is 10.2. The van der Waals surface area contributed by atoms with Crippen LogP contribution < -0.4 is 4.74 Å². The van der Waals surface area contributed by atoms with Crippen molar-refractivity contribution in [2.24, 2.45) is 5.92 Å². The third-order valence-corrected chi connectivity index (χ3v) is 3.40. The standard InChI is InChI=1S/C19H22O2/c1-15(2)18(13-20)12-16-8-10-19(11-9-16)21-14-17-6-4-3-5-7-17/h3-12,15,20H,13-14H2,1-2H3. The molecule has 0 atom stereocenters. The molecule has 0 aliphatic rings. The van der Waals surface area contributed by atoms with Gasteiger partial charge in [-0.3, -0.25) is 0 Å². The first-order valence-corrected chi connectivity index (χ1v) is 7.27. The fourth-order valence-electron chi connectivity index (χ4n) is 2.01. The number of rotatable bonds is 6. The lowest BCUT2D eigenvalue weighted by Crippen LogP contribution is -1.99. The molecule has 0 fully saturated rings. The van der Waals surface area contributed by atoms with Crippen LogP contribution in [0.1, 0.15) is 25.0 Å². The van der Waals surface area contributed by atoms with Crippen LogP contribution in [0.3, 0.4) is 0 Å². The molecule has 0 heterocycles. The van der Waals surface area contributed by atoms with Crippen molar-refractivity contribution in [3.8, 4) is 5.75 Å². The number of hydrogen-bond acceptors (Lipinski definition) is 2. The lowest BCUT2D eigenvalue weighted by atomic mass is 10.0. The summed E-state index contributed by atoms with van der Waals surface area (Å²) in [6.07, 6.45) is 2.03. The third-order valence-electron chi connectivity index (χ3n) is 3.40. The Bertz CT molecular complexity index is 568. The average molecular weight is 282 g/mol. The Morgan fingerprint density at radius 3 is 2.29 bits per heavy atom. The molecule has 0 saturated heterocycles. The van der Waals surface area contributed by atoms with Crippen LogP contribution in [0.5, 0.6) is 5.75 Å². The van der Waals surface area contributed by atoms with E-state index in [4.69, 9.17) is 4.74 Å². The van der Waals surface area contributed by atoms with E-state index in [9.17, 15) is 5.11 Å². The van der Waals surface area contributed by atoms with Gasteiger partial charge < -0.3 is 9.84 Å². The van der Waals surface area contributed by atoms with Gasteiger partial charge >= 0.3 is 0 Å². The highest BCUT2D eigenvalue weighted by molar-refractivity contribution is 5.54. The molecule has 0 aliphatic heterocycles. The summed E-state index contributed by atoms with van der Waals surface area (Å²) >= 11 is 0. The van der Waals surface area contributed by atoms with E-state index in [1.807, 2.05) is 60.7 Å². The van der Waals surface area contributed by atoms with Crippen molar-refractivity contribution < 1.29 is 9.84 Å². The maximum absolute atomic E-state index is 9.33. The lowest BCUT2D eigenvalue weighted by Gasteiger charge is -2.09. The second-order valence-electron chi connectivity index (χ2n) is 5.38. The maximum atomic E-state index is 9.33. The molecule has 0 spiro atoms. The summed E-state index contributed by atoms with van der Waals surface area (Å²) in [5, 5.41) is 9.33. The van der Waals surface area contributed by atoms with Crippen LogP contribution in [0.15, 0.2) is 60.2 Å². The molecule has 2 nitrogen and oxygen atoms in total. The number of benzene rings is 2. The molecular formula is C19H22O2. The molecule has 110 valence electrons. The van der Waals surface area contributed by atoms with Crippen molar-refractivity contribution in [1.82, 2.24) is 0 Å². The topological polar surface area (TPSA) is 29.5 Å². The van der Waals surface area contributed by atoms with Gasteiger partial charge in [0.05, 0.1) is 6.61 Å². The first-order valence-electron chi connectivity index (χ1n) is 7.27. The molecular weight excluding hydrogens is 260 g/mol. The van der Waals surface area contributed by atoms with Gasteiger partial charge in [-0.1, -0.05) is 62.4 Å². The van der Waals surface area contributed by atoms with Gasteiger partial charge in [-0.15, -0.1) is 0 Å².